The molecule has 1 aliphatic heterocycles. The average Bonchev–Trinajstić information content (AvgIpc) is 3.26. The number of nitrogens with two attached hydrogens (primary N) is 3. The van der Waals surface area contributed by atoms with Crippen LogP contribution in [0.25, 0.3) is 0 Å². The number of hydrogen-bond donors (Lipinski definition) is 11. The van der Waals surface area contributed by atoms with Gasteiger partial charge in [0.2, 0.25) is 65.0 Å². The first kappa shape index (κ1) is 58.3. The Kier molecular flexibility index (Phi) is 23.5. The monoisotopic (exact) mass is 993 g/mol. The fourth-order valence-corrected chi connectivity index (χ4v) is 8.14. The highest BCUT2D eigenvalue weighted by atomic mass is 32.2. The standard InChI is InChI=1S/C43H67N11O14S/c1-6-24(4)37-42(65)50-28(13-14-32(44)56)39(62)52-31(20-33(45)57)40(63)51-29(43(66)54(5)22-36(60)48-27(12-7-23(2)3)38(61)47-21-34(46)58)15-17-69(67,68)18-16-35(59)49-30(41(64)53-37)19-25-8-10-26(55)11-9-25/h8-11,23-24,27-31,37,55H,6-7,12-22H2,1-5H3,(H2,44,56)(H2,45,57)(H2,46,58)(H,47,61)(H,48,60)(H,49,59)(H,50,65)(H,51,63)(H,52,62)(H,53,64)/t24-,27-,28-,29-,30+,31-,37-/m0/s1. The lowest BCUT2D eigenvalue weighted by molar-refractivity contribution is -0.140. The van der Waals surface area contributed by atoms with E-state index in [1.54, 1.807) is 13.8 Å². The van der Waals surface area contributed by atoms with Gasteiger partial charge in [0.05, 0.1) is 31.0 Å². The highest BCUT2D eigenvalue weighted by molar-refractivity contribution is 7.91. The molecule has 0 unspecified atom stereocenters. The fourth-order valence-electron chi connectivity index (χ4n) is 6.84. The van der Waals surface area contributed by atoms with Crippen LogP contribution in [-0.2, 0) is 69.0 Å². The zero-order valence-corrected chi connectivity index (χ0v) is 40.3. The Bertz CT molecular complexity index is 2160. The molecule has 2 rings (SSSR count). The van der Waals surface area contributed by atoms with Gasteiger partial charge in [0.15, 0.2) is 9.84 Å². The summed E-state index contributed by atoms with van der Waals surface area (Å²) >= 11 is 0. The summed E-state index contributed by atoms with van der Waals surface area (Å²) in [6.45, 7) is 5.78. The molecule has 0 radical (unpaired) electrons. The van der Waals surface area contributed by atoms with Crippen LogP contribution in [0.15, 0.2) is 24.3 Å². The summed E-state index contributed by atoms with van der Waals surface area (Å²) in [4.78, 5) is 146. The number of rotatable bonds is 19. The minimum atomic E-state index is -4.28. The smallest absolute Gasteiger partial charge is 0.245 e. The Labute approximate surface area is 400 Å². The van der Waals surface area contributed by atoms with E-state index in [1.165, 1.54) is 24.3 Å². The van der Waals surface area contributed by atoms with Crippen molar-refractivity contribution in [3.63, 3.8) is 0 Å². The van der Waals surface area contributed by atoms with Gasteiger partial charge in [-0.2, -0.15) is 0 Å². The minimum absolute atomic E-state index is 0.0926. The predicted octanol–water partition coefficient (Wildman–Crippen LogP) is -4.26. The van der Waals surface area contributed by atoms with E-state index in [4.69, 9.17) is 17.2 Å². The van der Waals surface area contributed by atoms with Gasteiger partial charge in [0.1, 0.15) is 42.0 Å². The van der Waals surface area contributed by atoms with Crippen LogP contribution in [0.4, 0.5) is 0 Å². The predicted molar refractivity (Wildman–Crippen MR) is 247 cm³/mol. The van der Waals surface area contributed by atoms with Gasteiger partial charge in [-0.3, -0.25) is 52.7 Å². The van der Waals surface area contributed by atoms with Crippen LogP contribution < -0.4 is 54.4 Å². The van der Waals surface area contributed by atoms with Crippen molar-refractivity contribution in [2.75, 3.05) is 31.6 Å². The number of hydrogen-bond acceptors (Lipinski definition) is 14. The number of primary amides is 3. The molecule has 1 fully saturated rings. The van der Waals surface area contributed by atoms with Gasteiger partial charge >= 0.3 is 0 Å². The summed E-state index contributed by atoms with van der Waals surface area (Å²) in [6, 6.07) is -3.69. The van der Waals surface area contributed by atoms with Crippen LogP contribution >= 0.6 is 0 Å². The van der Waals surface area contributed by atoms with Crippen LogP contribution in [0.2, 0.25) is 0 Å². The molecule has 14 N–H and O–H groups in total. The summed E-state index contributed by atoms with van der Waals surface area (Å²) in [7, 11) is -3.15. The maximum absolute atomic E-state index is 14.0. The van der Waals surface area contributed by atoms with E-state index in [0.29, 0.717) is 18.4 Å². The van der Waals surface area contributed by atoms with E-state index < -0.39 is 174 Å². The number of carbonyl (C=O) groups excluding carboxylic acids is 11. The average molecular weight is 994 g/mol. The van der Waals surface area contributed by atoms with Crippen LogP contribution in [0.3, 0.4) is 0 Å². The molecular weight excluding hydrogens is 927 g/mol. The first-order valence-electron chi connectivity index (χ1n) is 22.4. The van der Waals surface area contributed by atoms with E-state index in [9.17, 15) is 66.3 Å². The second-order valence-electron chi connectivity index (χ2n) is 17.4. The molecule has 26 heteroatoms. The van der Waals surface area contributed by atoms with Crippen molar-refractivity contribution in [3.05, 3.63) is 29.8 Å². The fraction of sp³-hybridized carbons (Fsp3) is 0.605. The summed E-state index contributed by atoms with van der Waals surface area (Å²) in [5, 5.41) is 26.8. The molecule has 25 nitrogen and oxygen atoms in total. The quantitative estimate of drug-likeness (QED) is 0.0626. The summed E-state index contributed by atoms with van der Waals surface area (Å²) < 4.78 is 27.0. The third kappa shape index (κ3) is 21.3. The van der Waals surface area contributed by atoms with Crippen molar-refractivity contribution in [1.29, 1.82) is 0 Å². The Balaban J connectivity index is 2.63. The van der Waals surface area contributed by atoms with E-state index >= 15 is 0 Å². The number of carbonyl (C=O) groups is 11. The van der Waals surface area contributed by atoms with E-state index in [2.05, 4.69) is 37.2 Å². The molecule has 0 aliphatic carbocycles. The lowest BCUT2D eigenvalue weighted by Gasteiger charge is -2.29. The first-order chi connectivity index (χ1) is 32.2. The molecule has 11 amide bonds. The number of benzene rings is 1. The Morgan fingerprint density at radius 1 is 0.783 bits per heavy atom. The molecule has 1 aromatic carbocycles. The lowest BCUT2D eigenvalue weighted by Crippen LogP contribution is -2.61. The second kappa shape index (κ2) is 27.8. The maximum atomic E-state index is 14.0. The van der Waals surface area contributed by atoms with E-state index in [-0.39, 0.29) is 24.5 Å². The Morgan fingerprint density at radius 2 is 1.39 bits per heavy atom. The third-order valence-corrected chi connectivity index (χ3v) is 12.7. The normalized spacial score (nSPS) is 21.7. The Morgan fingerprint density at radius 3 is 1.97 bits per heavy atom. The summed E-state index contributed by atoms with van der Waals surface area (Å²) in [5.74, 6) is -12.9. The number of likely N-dealkylation sites (N-methyl/N-ethyl adjacent to an activating group) is 1. The SMILES string of the molecule is CC[C@H](C)[C@@H]1NC(=O)[C@@H](Cc2ccc(O)cc2)NC(=O)CCS(=O)(=O)CC[C@@H](C(=O)N(C)CC(=O)N[C@@H](CCC(C)C)C(=O)NCC(N)=O)NC(=O)[C@H](CC(N)=O)NC(=O)[C@H](CCC(N)=O)NC1=O. The van der Waals surface area contributed by atoms with Gasteiger partial charge in [-0.1, -0.05) is 46.2 Å². The van der Waals surface area contributed by atoms with Crippen LogP contribution in [0.5, 0.6) is 5.75 Å². The zero-order valence-electron chi connectivity index (χ0n) is 39.5. The molecule has 0 bridgehead atoms. The lowest BCUT2D eigenvalue weighted by atomic mass is 9.96. The number of aromatic hydroxyl groups is 1. The first-order valence-corrected chi connectivity index (χ1v) is 24.2. The van der Waals surface area contributed by atoms with Crippen molar-refractivity contribution in [3.8, 4) is 5.75 Å². The number of phenolic OH excluding ortho intramolecular Hbond substituents is 1. The molecule has 7 atom stereocenters. The van der Waals surface area contributed by atoms with Crippen LogP contribution in [-0.4, -0.2) is 151 Å². The van der Waals surface area contributed by atoms with Crippen molar-refractivity contribution >= 4 is 74.8 Å². The van der Waals surface area contributed by atoms with Gasteiger partial charge in [0, 0.05) is 26.3 Å². The number of nitrogens with one attached hydrogen (secondary N) is 7. The molecule has 1 heterocycles. The molecule has 0 aromatic heterocycles. The van der Waals surface area contributed by atoms with E-state index in [1.807, 2.05) is 13.8 Å². The van der Waals surface area contributed by atoms with Crippen LogP contribution in [0.1, 0.15) is 84.6 Å². The third-order valence-electron chi connectivity index (χ3n) is 11.0. The molecule has 0 saturated carbocycles. The largest absolute Gasteiger partial charge is 0.508 e. The number of sulfone groups is 1. The van der Waals surface area contributed by atoms with Gasteiger partial charge in [-0.15, -0.1) is 0 Å². The van der Waals surface area contributed by atoms with Crippen molar-refractivity contribution in [2.24, 2.45) is 29.0 Å². The minimum Gasteiger partial charge on any atom is -0.508 e. The maximum Gasteiger partial charge on any atom is 0.245 e. The molecular formula is C43H67N11O14S. The molecule has 1 aliphatic rings. The molecule has 1 saturated heterocycles. The highest BCUT2D eigenvalue weighted by Crippen LogP contribution is 2.15. The van der Waals surface area contributed by atoms with Crippen molar-refractivity contribution in [2.45, 2.75) is 122 Å². The summed E-state index contributed by atoms with van der Waals surface area (Å²) in [6.07, 6.45) is -2.52. The van der Waals surface area contributed by atoms with Gasteiger partial charge in [-0.05, 0) is 55.2 Å². The topological polar surface area (TPSA) is 408 Å². The molecule has 69 heavy (non-hydrogen) atoms. The van der Waals surface area contributed by atoms with Gasteiger partial charge in [0.25, 0.3) is 0 Å². The number of amides is 11. The second-order valence-corrected chi connectivity index (χ2v) is 19.7. The van der Waals surface area contributed by atoms with Crippen molar-refractivity contribution < 1.29 is 66.3 Å². The van der Waals surface area contributed by atoms with Crippen molar-refractivity contribution in [1.82, 2.24) is 42.1 Å². The summed E-state index contributed by atoms with van der Waals surface area (Å²) in [5.41, 5.74) is 16.4. The highest BCUT2D eigenvalue weighted by Gasteiger charge is 2.36. The van der Waals surface area contributed by atoms with Gasteiger partial charge < -0.3 is 64.4 Å². The number of phenols is 1. The van der Waals surface area contributed by atoms with Gasteiger partial charge in [-0.25, -0.2) is 8.42 Å². The zero-order chi connectivity index (χ0) is 52.2. The molecule has 1 aromatic rings. The Hall–Kier alpha value is -6.86. The molecule has 384 valence electrons. The number of nitrogens with zero attached hydrogens (tertiary/aromatic N) is 1. The molecule has 0 spiro atoms. The van der Waals surface area contributed by atoms with E-state index in [0.717, 1.165) is 11.9 Å². The van der Waals surface area contributed by atoms with Crippen LogP contribution in [0, 0.1) is 11.8 Å².